The molecule has 23 heavy (non-hydrogen) atoms. The average molecular weight is 315 g/mol. The number of piperazine rings is 1. The number of hydrogen-bond donors (Lipinski definition) is 1. The molecular weight excluding hydrogens is 294 g/mol. The van der Waals surface area contributed by atoms with Crippen molar-refractivity contribution in [3.63, 3.8) is 0 Å². The Labute approximate surface area is 135 Å². The number of nitrogens with zero attached hydrogens (tertiary/aromatic N) is 4. The molecule has 0 atom stereocenters. The predicted molar refractivity (Wildman–Crippen MR) is 83.1 cm³/mol. The van der Waals surface area contributed by atoms with Gasteiger partial charge >= 0.3 is 6.03 Å². The first-order valence-corrected chi connectivity index (χ1v) is 8.43. The highest BCUT2D eigenvalue weighted by Gasteiger charge is 2.33. The SMILES string of the molecule is N#Cc1nc(C2CC2)oc1N1CCN(C(=O)NCC2CC2)CC1. The fourth-order valence-corrected chi connectivity index (χ4v) is 2.90. The quantitative estimate of drug-likeness (QED) is 0.913. The van der Waals surface area contributed by atoms with E-state index in [4.69, 9.17) is 4.42 Å². The maximum Gasteiger partial charge on any atom is 0.317 e. The summed E-state index contributed by atoms with van der Waals surface area (Å²) in [5.41, 5.74) is 0.374. The van der Waals surface area contributed by atoms with E-state index >= 15 is 0 Å². The van der Waals surface area contributed by atoms with Gasteiger partial charge in [-0.3, -0.25) is 0 Å². The van der Waals surface area contributed by atoms with Crippen molar-refractivity contribution in [3.8, 4) is 6.07 Å². The number of carbonyl (C=O) groups is 1. The molecule has 0 bridgehead atoms. The number of hydrogen-bond acceptors (Lipinski definition) is 5. The predicted octanol–water partition coefficient (Wildman–Crippen LogP) is 1.67. The van der Waals surface area contributed by atoms with Crippen LogP contribution in [-0.4, -0.2) is 48.6 Å². The first kappa shape index (κ1) is 14.4. The number of oxazole rings is 1. The summed E-state index contributed by atoms with van der Waals surface area (Å²) in [4.78, 5) is 20.3. The summed E-state index contributed by atoms with van der Waals surface area (Å²) in [7, 11) is 0. The van der Waals surface area contributed by atoms with Gasteiger partial charge in [-0.25, -0.2) is 9.78 Å². The monoisotopic (exact) mass is 315 g/mol. The number of amides is 2. The molecule has 1 aromatic heterocycles. The van der Waals surface area contributed by atoms with Gasteiger partial charge in [0.25, 0.3) is 0 Å². The van der Waals surface area contributed by atoms with Gasteiger partial charge in [0.1, 0.15) is 6.07 Å². The summed E-state index contributed by atoms with van der Waals surface area (Å²) in [6, 6.07) is 2.15. The van der Waals surface area contributed by atoms with E-state index in [1.807, 2.05) is 9.80 Å². The summed E-state index contributed by atoms with van der Waals surface area (Å²) < 4.78 is 5.83. The van der Waals surface area contributed by atoms with Crippen molar-refractivity contribution in [2.24, 2.45) is 5.92 Å². The fourth-order valence-electron chi connectivity index (χ4n) is 2.90. The zero-order valence-electron chi connectivity index (χ0n) is 13.1. The van der Waals surface area contributed by atoms with Crippen LogP contribution >= 0.6 is 0 Å². The number of aromatic nitrogens is 1. The molecule has 4 rings (SSSR count). The third-order valence-corrected chi connectivity index (χ3v) is 4.75. The van der Waals surface area contributed by atoms with Crippen LogP contribution in [0.25, 0.3) is 0 Å². The summed E-state index contributed by atoms with van der Waals surface area (Å²) >= 11 is 0. The van der Waals surface area contributed by atoms with Crippen LogP contribution in [0, 0.1) is 17.2 Å². The molecule has 0 aromatic carbocycles. The Hall–Kier alpha value is -2.23. The first-order chi connectivity index (χ1) is 11.2. The van der Waals surface area contributed by atoms with Crippen molar-refractivity contribution in [2.45, 2.75) is 31.6 Å². The van der Waals surface area contributed by atoms with Crippen molar-refractivity contribution in [2.75, 3.05) is 37.6 Å². The minimum absolute atomic E-state index is 0.0216. The lowest BCUT2D eigenvalue weighted by atomic mass is 10.3. The van der Waals surface area contributed by atoms with E-state index in [1.165, 1.54) is 12.8 Å². The molecule has 0 unspecified atom stereocenters. The first-order valence-electron chi connectivity index (χ1n) is 8.43. The highest BCUT2D eigenvalue weighted by atomic mass is 16.4. The van der Waals surface area contributed by atoms with Gasteiger partial charge in [0, 0.05) is 38.6 Å². The second-order valence-corrected chi connectivity index (χ2v) is 6.70. The number of carbonyl (C=O) groups excluding carboxylic acids is 1. The molecule has 1 aromatic rings. The van der Waals surface area contributed by atoms with Crippen LogP contribution in [0.3, 0.4) is 0 Å². The maximum atomic E-state index is 12.1. The maximum absolute atomic E-state index is 12.1. The molecule has 3 aliphatic rings. The third-order valence-electron chi connectivity index (χ3n) is 4.75. The van der Waals surface area contributed by atoms with Crippen molar-refractivity contribution in [1.82, 2.24) is 15.2 Å². The summed E-state index contributed by atoms with van der Waals surface area (Å²) in [5.74, 6) is 2.35. The smallest absolute Gasteiger partial charge is 0.317 e. The van der Waals surface area contributed by atoms with E-state index in [2.05, 4.69) is 16.4 Å². The van der Waals surface area contributed by atoms with E-state index in [1.54, 1.807) is 0 Å². The van der Waals surface area contributed by atoms with Gasteiger partial charge in [0.15, 0.2) is 0 Å². The highest BCUT2D eigenvalue weighted by molar-refractivity contribution is 5.74. The van der Waals surface area contributed by atoms with Crippen LogP contribution in [0.2, 0.25) is 0 Å². The Kier molecular flexibility index (Phi) is 3.60. The largest absolute Gasteiger partial charge is 0.423 e. The van der Waals surface area contributed by atoms with Gasteiger partial charge in [0.05, 0.1) is 0 Å². The van der Waals surface area contributed by atoms with Gasteiger partial charge in [-0.2, -0.15) is 5.26 Å². The summed E-state index contributed by atoms with van der Waals surface area (Å²) in [5, 5.41) is 12.3. The molecular formula is C16H21N5O2. The highest BCUT2D eigenvalue weighted by Crippen LogP contribution is 2.41. The van der Waals surface area contributed by atoms with Crippen LogP contribution in [-0.2, 0) is 0 Å². The second-order valence-electron chi connectivity index (χ2n) is 6.70. The Bertz CT molecular complexity index is 633. The molecule has 0 radical (unpaired) electrons. The van der Waals surface area contributed by atoms with Gasteiger partial charge < -0.3 is 19.5 Å². The van der Waals surface area contributed by atoms with Crippen LogP contribution in [0.4, 0.5) is 10.7 Å². The molecule has 122 valence electrons. The third kappa shape index (κ3) is 3.11. The van der Waals surface area contributed by atoms with Gasteiger partial charge in [-0.1, -0.05) is 0 Å². The molecule has 3 fully saturated rings. The zero-order valence-corrected chi connectivity index (χ0v) is 13.1. The lowest BCUT2D eigenvalue weighted by molar-refractivity contribution is 0.193. The molecule has 1 aliphatic heterocycles. The van der Waals surface area contributed by atoms with Gasteiger partial charge in [-0.15, -0.1) is 0 Å². The topological polar surface area (TPSA) is 85.4 Å². The van der Waals surface area contributed by atoms with Crippen LogP contribution in [0.1, 0.15) is 43.2 Å². The van der Waals surface area contributed by atoms with E-state index in [9.17, 15) is 10.1 Å². The Morgan fingerprint density at radius 1 is 1.26 bits per heavy atom. The molecule has 0 spiro atoms. The second kappa shape index (κ2) is 5.76. The van der Waals surface area contributed by atoms with Crippen LogP contribution < -0.4 is 10.2 Å². The molecule has 7 nitrogen and oxygen atoms in total. The molecule has 2 heterocycles. The van der Waals surface area contributed by atoms with Gasteiger partial charge in [0.2, 0.25) is 17.5 Å². The Morgan fingerprint density at radius 2 is 2.00 bits per heavy atom. The van der Waals surface area contributed by atoms with Crippen molar-refractivity contribution < 1.29 is 9.21 Å². The number of anilines is 1. The molecule has 1 saturated heterocycles. The van der Waals surface area contributed by atoms with Crippen molar-refractivity contribution in [1.29, 1.82) is 5.26 Å². The minimum Gasteiger partial charge on any atom is -0.423 e. The van der Waals surface area contributed by atoms with E-state index in [0.29, 0.717) is 55.5 Å². The average Bonchev–Trinajstić information content (AvgIpc) is 3.51. The van der Waals surface area contributed by atoms with E-state index < -0.39 is 0 Å². The minimum atomic E-state index is 0.0216. The number of rotatable bonds is 4. The Morgan fingerprint density at radius 3 is 2.61 bits per heavy atom. The number of nitriles is 1. The molecule has 2 saturated carbocycles. The molecule has 1 N–H and O–H groups in total. The summed E-state index contributed by atoms with van der Waals surface area (Å²) in [6.45, 7) is 3.42. The lowest BCUT2D eigenvalue weighted by Gasteiger charge is -2.34. The van der Waals surface area contributed by atoms with Crippen LogP contribution in [0.15, 0.2) is 4.42 Å². The molecule has 2 aliphatic carbocycles. The fraction of sp³-hybridized carbons (Fsp3) is 0.688. The number of urea groups is 1. The summed E-state index contributed by atoms with van der Waals surface area (Å²) in [6.07, 6.45) is 4.67. The van der Waals surface area contributed by atoms with Crippen molar-refractivity contribution in [3.05, 3.63) is 11.6 Å². The molecule has 2 amide bonds. The zero-order chi connectivity index (χ0) is 15.8. The van der Waals surface area contributed by atoms with Gasteiger partial charge in [-0.05, 0) is 31.6 Å². The van der Waals surface area contributed by atoms with Crippen LogP contribution in [0.5, 0.6) is 0 Å². The van der Waals surface area contributed by atoms with Crippen molar-refractivity contribution >= 4 is 11.9 Å². The molecule has 7 heteroatoms. The van der Waals surface area contributed by atoms with E-state index in [-0.39, 0.29) is 6.03 Å². The van der Waals surface area contributed by atoms with E-state index in [0.717, 1.165) is 19.4 Å². The standard InChI is InChI=1S/C16H21N5O2/c17-9-13-15(23-14(19-13)12-3-4-12)20-5-7-21(8-6-20)16(22)18-10-11-1-2-11/h11-12H,1-8,10H2,(H,18,22). The number of nitrogens with one attached hydrogen (secondary N) is 1. The lowest BCUT2D eigenvalue weighted by Crippen LogP contribution is -2.52. The Balaban J connectivity index is 1.35. The normalized spacial score (nSPS) is 21.2.